The third kappa shape index (κ3) is 5.68. The fourth-order valence-electron chi connectivity index (χ4n) is 4.52. The quantitative estimate of drug-likeness (QED) is 0.338. The van der Waals surface area contributed by atoms with Crippen LogP contribution >= 0.6 is 0 Å². The smallest absolute Gasteiger partial charge is 0.407 e. The van der Waals surface area contributed by atoms with E-state index in [-0.39, 0.29) is 36.3 Å². The second kappa shape index (κ2) is 10.9. The highest BCUT2D eigenvalue weighted by molar-refractivity contribution is 5.70. The molecule has 0 radical (unpaired) electrons. The van der Waals surface area contributed by atoms with Gasteiger partial charge in [-0.25, -0.2) is 14.8 Å². The van der Waals surface area contributed by atoms with Crippen LogP contribution in [0.2, 0.25) is 0 Å². The van der Waals surface area contributed by atoms with Crippen molar-refractivity contribution in [2.75, 3.05) is 33.1 Å². The molecular formula is C27H30N8O6. The molecule has 1 aliphatic rings. The van der Waals surface area contributed by atoms with E-state index in [4.69, 9.17) is 19.9 Å². The van der Waals surface area contributed by atoms with Crippen molar-refractivity contribution in [2.45, 2.75) is 32.0 Å². The molecule has 0 aliphatic carbocycles. The molecule has 4 aromatic rings. The van der Waals surface area contributed by atoms with Gasteiger partial charge >= 0.3 is 6.09 Å². The van der Waals surface area contributed by atoms with E-state index in [2.05, 4.69) is 20.2 Å². The molecule has 1 aliphatic heterocycles. The van der Waals surface area contributed by atoms with Gasteiger partial charge in [0.2, 0.25) is 0 Å². The molecular weight excluding hydrogens is 532 g/mol. The molecule has 0 bridgehead atoms. The summed E-state index contributed by atoms with van der Waals surface area (Å²) in [7, 11) is 3.03. The third-order valence-corrected chi connectivity index (χ3v) is 6.76. The van der Waals surface area contributed by atoms with Gasteiger partial charge in [-0.15, -0.1) is 0 Å². The molecule has 0 unspecified atom stereocenters. The van der Waals surface area contributed by atoms with Crippen LogP contribution < -0.4 is 20.8 Å². The van der Waals surface area contributed by atoms with Crippen molar-refractivity contribution in [1.82, 2.24) is 34.4 Å². The lowest BCUT2D eigenvalue weighted by Crippen LogP contribution is -2.58. The monoisotopic (exact) mass is 562 g/mol. The molecule has 3 N–H and O–H groups in total. The van der Waals surface area contributed by atoms with E-state index in [0.29, 0.717) is 40.7 Å². The van der Waals surface area contributed by atoms with Crippen molar-refractivity contribution in [3.05, 3.63) is 59.3 Å². The van der Waals surface area contributed by atoms with Crippen LogP contribution in [0.4, 0.5) is 10.6 Å². The Balaban J connectivity index is 1.42. The number of carbonyl (C=O) groups is 1. The summed E-state index contributed by atoms with van der Waals surface area (Å²) in [6.45, 7) is 4.52. The van der Waals surface area contributed by atoms with E-state index in [9.17, 15) is 14.7 Å². The molecule has 14 heteroatoms. The number of amides is 1. The van der Waals surface area contributed by atoms with Gasteiger partial charge in [0.05, 0.1) is 69.3 Å². The Morgan fingerprint density at radius 1 is 1.15 bits per heavy atom. The summed E-state index contributed by atoms with van der Waals surface area (Å²) in [4.78, 5) is 34.8. The summed E-state index contributed by atoms with van der Waals surface area (Å²) >= 11 is 0. The lowest BCUT2D eigenvalue weighted by atomic mass is 10.0. The van der Waals surface area contributed by atoms with Crippen molar-refractivity contribution in [2.24, 2.45) is 0 Å². The Labute approximate surface area is 234 Å². The summed E-state index contributed by atoms with van der Waals surface area (Å²) in [5.41, 5.74) is 7.40. The molecule has 1 aromatic carbocycles. The number of benzene rings is 1. The molecule has 4 heterocycles. The molecule has 1 amide bonds. The van der Waals surface area contributed by atoms with Gasteiger partial charge in [0.1, 0.15) is 22.9 Å². The first-order valence-electron chi connectivity index (χ1n) is 12.7. The molecule has 1 atom stereocenters. The first kappa shape index (κ1) is 27.6. The SMILES string of the molecule is COc1cc(OC)cc(-n2nc(-c3nc(-c4cnn(C[C@H]5CN(C(=O)O)C(C)(C)CO5)c4)cnc3N)ccc2=O)c1. The molecule has 1 fully saturated rings. The maximum absolute atomic E-state index is 12.7. The number of rotatable bonds is 7. The lowest BCUT2D eigenvalue weighted by Gasteiger charge is -2.43. The minimum absolute atomic E-state index is 0.133. The normalized spacial score (nSPS) is 16.4. The Kier molecular flexibility index (Phi) is 7.32. The van der Waals surface area contributed by atoms with Gasteiger partial charge in [-0.3, -0.25) is 14.4 Å². The van der Waals surface area contributed by atoms with E-state index in [1.54, 1.807) is 35.3 Å². The first-order chi connectivity index (χ1) is 19.6. The topological polar surface area (TPSA) is 173 Å². The summed E-state index contributed by atoms with van der Waals surface area (Å²) in [5, 5.41) is 18.5. The van der Waals surface area contributed by atoms with E-state index < -0.39 is 11.6 Å². The Hall–Kier alpha value is -4.98. The average molecular weight is 563 g/mol. The number of morpholine rings is 1. The molecule has 0 saturated carbocycles. The number of anilines is 1. The van der Waals surface area contributed by atoms with E-state index in [1.807, 2.05) is 13.8 Å². The van der Waals surface area contributed by atoms with Gasteiger partial charge in [-0.2, -0.15) is 14.9 Å². The highest BCUT2D eigenvalue weighted by Gasteiger charge is 2.38. The van der Waals surface area contributed by atoms with Gasteiger partial charge in [-0.05, 0) is 19.9 Å². The largest absolute Gasteiger partial charge is 0.497 e. The van der Waals surface area contributed by atoms with Crippen LogP contribution in [-0.2, 0) is 11.3 Å². The number of aromatic nitrogens is 6. The summed E-state index contributed by atoms with van der Waals surface area (Å²) in [5.74, 6) is 1.12. The Bertz CT molecular complexity index is 1630. The van der Waals surface area contributed by atoms with E-state index >= 15 is 0 Å². The molecule has 0 spiro atoms. The van der Waals surface area contributed by atoms with Crippen LogP contribution in [0.25, 0.3) is 28.3 Å². The van der Waals surface area contributed by atoms with Crippen LogP contribution in [0.15, 0.2) is 53.7 Å². The standard InChI is InChI=1S/C27H30N8O6/c1-27(2)15-41-20(14-34(27)26(37)38)13-33-12-16(10-30-33)22-11-29-25(28)24(31-22)21-5-6-23(36)35(32-21)17-7-18(39-3)9-19(8-17)40-4/h5-12,20H,13-15H2,1-4H3,(H2,28,29)(H,37,38)/t20-/m0/s1. The third-order valence-electron chi connectivity index (χ3n) is 6.76. The van der Waals surface area contributed by atoms with Crippen LogP contribution in [0.1, 0.15) is 13.8 Å². The molecule has 5 rings (SSSR count). The van der Waals surface area contributed by atoms with Gasteiger partial charge in [0.15, 0.2) is 5.82 Å². The maximum Gasteiger partial charge on any atom is 0.407 e. The summed E-state index contributed by atoms with van der Waals surface area (Å²) in [6, 6.07) is 7.90. The van der Waals surface area contributed by atoms with Crippen molar-refractivity contribution in [3.8, 4) is 39.8 Å². The Morgan fingerprint density at radius 3 is 2.56 bits per heavy atom. The predicted octanol–water partition coefficient (Wildman–Crippen LogP) is 2.31. The predicted molar refractivity (Wildman–Crippen MR) is 148 cm³/mol. The number of nitrogens with zero attached hydrogens (tertiary/aromatic N) is 7. The number of nitrogens with two attached hydrogens (primary N) is 1. The number of carboxylic acid groups (broad SMARTS) is 1. The van der Waals surface area contributed by atoms with Gasteiger partial charge < -0.3 is 25.1 Å². The zero-order chi connectivity index (χ0) is 29.3. The second-order valence-electron chi connectivity index (χ2n) is 10.1. The van der Waals surface area contributed by atoms with E-state index in [0.717, 1.165) is 0 Å². The fourth-order valence-corrected chi connectivity index (χ4v) is 4.52. The highest BCUT2D eigenvalue weighted by atomic mass is 16.5. The van der Waals surface area contributed by atoms with Gasteiger partial charge in [0.25, 0.3) is 5.56 Å². The first-order valence-corrected chi connectivity index (χ1v) is 12.7. The van der Waals surface area contributed by atoms with Crippen molar-refractivity contribution < 1.29 is 24.1 Å². The van der Waals surface area contributed by atoms with Crippen LogP contribution in [0.3, 0.4) is 0 Å². The van der Waals surface area contributed by atoms with Crippen LogP contribution in [0, 0.1) is 0 Å². The molecule has 214 valence electrons. The number of methoxy groups -OCH3 is 2. The average Bonchev–Trinajstić information content (AvgIpc) is 3.42. The maximum atomic E-state index is 12.7. The second-order valence-corrected chi connectivity index (χ2v) is 10.1. The summed E-state index contributed by atoms with van der Waals surface area (Å²) in [6.07, 6.45) is 3.58. The minimum Gasteiger partial charge on any atom is -0.497 e. The van der Waals surface area contributed by atoms with Crippen molar-refractivity contribution in [1.29, 1.82) is 0 Å². The molecule has 3 aromatic heterocycles. The van der Waals surface area contributed by atoms with Crippen LogP contribution in [-0.4, -0.2) is 84.6 Å². The van der Waals surface area contributed by atoms with Crippen molar-refractivity contribution in [3.63, 3.8) is 0 Å². The number of nitrogen functional groups attached to an aromatic ring is 1. The summed E-state index contributed by atoms with van der Waals surface area (Å²) < 4.78 is 19.4. The fraction of sp³-hybridized carbons (Fsp3) is 0.333. The van der Waals surface area contributed by atoms with Gasteiger partial charge in [0, 0.05) is 36.0 Å². The molecule has 1 saturated heterocycles. The number of hydrogen-bond donors (Lipinski definition) is 2. The van der Waals surface area contributed by atoms with Crippen molar-refractivity contribution >= 4 is 11.9 Å². The van der Waals surface area contributed by atoms with E-state index in [1.165, 1.54) is 42.1 Å². The zero-order valence-corrected chi connectivity index (χ0v) is 23.0. The molecule has 14 nitrogen and oxygen atoms in total. The highest BCUT2D eigenvalue weighted by Crippen LogP contribution is 2.27. The lowest BCUT2D eigenvalue weighted by molar-refractivity contribution is -0.0918. The van der Waals surface area contributed by atoms with Crippen LogP contribution in [0.5, 0.6) is 11.5 Å². The Morgan fingerprint density at radius 2 is 1.88 bits per heavy atom. The zero-order valence-electron chi connectivity index (χ0n) is 23.0. The number of hydrogen-bond acceptors (Lipinski definition) is 10. The number of ether oxygens (including phenoxy) is 3. The molecule has 41 heavy (non-hydrogen) atoms. The van der Waals surface area contributed by atoms with Gasteiger partial charge in [-0.1, -0.05) is 0 Å². The minimum atomic E-state index is -0.986.